The molecule has 2 nitrogen and oxygen atoms in total. The van der Waals surface area contributed by atoms with E-state index in [1.165, 1.54) is 18.4 Å². The summed E-state index contributed by atoms with van der Waals surface area (Å²) >= 11 is 1.74. The van der Waals surface area contributed by atoms with Gasteiger partial charge in [-0.15, -0.1) is 0 Å². The number of hydrogen-bond acceptors (Lipinski definition) is 2. The number of nitrogens with zero attached hydrogens (tertiary/aromatic N) is 1. The van der Waals surface area contributed by atoms with Gasteiger partial charge in [0.2, 0.25) is 0 Å². The van der Waals surface area contributed by atoms with Gasteiger partial charge in [0.05, 0.1) is 11.9 Å². The van der Waals surface area contributed by atoms with Crippen molar-refractivity contribution in [2.45, 2.75) is 32.2 Å². The highest BCUT2D eigenvalue weighted by molar-refractivity contribution is 7.07. The van der Waals surface area contributed by atoms with Crippen molar-refractivity contribution in [1.82, 2.24) is 4.90 Å². The van der Waals surface area contributed by atoms with Crippen LogP contribution in [-0.2, 0) is 0 Å². The minimum Gasteiger partial charge on any atom is -0.354 e. The maximum Gasteiger partial charge on any atom is 0.0962 e. The third kappa shape index (κ3) is 1.82. The highest BCUT2D eigenvalue weighted by Gasteiger charge is 2.21. The van der Waals surface area contributed by atoms with Crippen molar-refractivity contribution in [2.75, 3.05) is 6.54 Å². The number of amidine groups is 1. The summed E-state index contributed by atoms with van der Waals surface area (Å²) in [5.74, 6) is 0.815. The second-order valence-corrected chi connectivity index (χ2v) is 4.61. The van der Waals surface area contributed by atoms with Crippen molar-refractivity contribution in [3.63, 3.8) is 0 Å². The first kappa shape index (κ1) is 9.71. The van der Waals surface area contributed by atoms with Crippen LogP contribution in [0, 0.1) is 5.41 Å². The van der Waals surface area contributed by atoms with E-state index < -0.39 is 0 Å². The molecule has 0 spiro atoms. The van der Waals surface area contributed by atoms with Gasteiger partial charge in [-0.1, -0.05) is 0 Å². The van der Waals surface area contributed by atoms with Gasteiger partial charge in [-0.05, 0) is 42.2 Å². The Kier molecular flexibility index (Phi) is 2.87. The molecule has 1 saturated heterocycles. The van der Waals surface area contributed by atoms with Crippen LogP contribution in [0.4, 0.5) is 0 Å². The molecule has 0 aliphatic carbocycles. The number of thiophene rings is 1. The van der Waals surface area contributed by atoms with Gasteiger partial charge >= 0.3 is 0 Å². The Hall–Kier alpha value is -0.830. The predicted molar refractivity (Wildman–Crippen MR) is 61.0 cm³/mol. The topological polar surface area (TPSA) is 27.1 Å². The molecule has 1 atom stereocenters. The molecule has 0 bridgehead atoms. The average Bonchev–Trinajstić information content (AvgIpc) is 2.70. The lowest BCUT2D eigenvalue weighted by molar-refractivity contribution is 0.300. The first-order valence-electron chi connectivity index (χ1n) is 5.15. The maximum absolute atomic E-state index is 7.91. The molecule has 0 radical (unpaired) electrons. The third-order valence-electron chi connectivity index (χ3n) is 2.90. The average molecular weight is 208 g/mol. The second-order valence-electron chi connectivity index (χ2n) is 3.83. The van der Waals surface area contributed by atoms with E-state index in [9.17, 15) is 0 Å². The summed E-state index contributed by atoms with van der Waals surface area (Å²) in [5.41, 5.74) is 1.35. The Morgan fingerprint density at radius 2 is 2.36 bits per heavy atom. The zero-order valence-electron chi connectivity index (χ0n) is 8.49. The summed E-state index contributed by atoms with van der Waals surface area (Å²) in [4.78, 5) is 2.23. The Labute approximate surface area is 89.1 Å². The summed E-state index contributed by atoms with van der Waals surface area (Å²) < 4.78 is 0. The molecule has 1 aliphatic heterocycles. The van der Waals surface area contributed by atoms with Crippen LogP contribution in [0.5, 0.6) is 0 Å². The standard InChI is InChI=1S/C11H16N2S/c1-9(10-5-7-14-8-10)13-6-3-2-4-11(13)12/h5,7-9,12H,2-4,6H2,1H3. The van der Waals surface area contributed by atoms with E-state index in [0.717, 1.165) is 18.8 Å². The Bertz CT molecular complexity index is 305. The SMILES string of the molecule is CC(c1ccsc1)N1CCCCC1=N. The number of hydrogen-bond donors (Lipinski definition) is 1. The normalized spacial score (nSPS) is 19.8. The van der Waals surface area contributed by atoms with Gasteiger partial charge in [-0.25, -0.2) is 0 Å². The molecule has 0 aromatic carbocycles. The van der Waals surface area contributed by atoms with Crippen molar-refractivity contribution in [1.29, 1.82) is 5.41 Å². The lowest BCUT2D eigenvalue weighted by atomic mass is 10.0. The van der Waals surface area contributed by atoms with E-state index in [2.05, 4.69) is 28.7 Å². The van der Waals surface area contributed by atoms with Gasteiger partial charge in [0.15, 0.2) is 0 Å². The quantitative estimate of drug-likeness (QED) is 0.793. The van der Waals surface area contributed by atoms with Crippen LogP contribution in [-0.4, -0.2) is 17.3 Å². The van der Waals surface area contributed by atoms with Crippen LogP contribution in [0.1, 0.15) is 37.8 Å². The summed E-state index contributed by atoms with van der Waals surface area (Å²) in [5, 5.41) is 12.2. The largest absolute Gasteiger partial charge is 0.354 e. The van der Waals surface area contributed by atoms with Gasteiger partial charge in [0, 0.05) is 13.0 Å². The van der Waals surface area contributed by atoms with E-state index >= 15 is 0 Å². The van der Waals surface area contributed by atoms with Crippen molar-refractivity contribution in [3.8, 4) is 0 Å². The number of nitrogens with one attached hydrogen (secondary N) is 1. The van der Waals surface area contributed by atoms with E-state index in [0.29, 0.717) is 6.04 Å². The first-order valence-corrected chi connectivity index (χ1v) is 6.09. The van der Waals surface area contributed by atoms with Crippen molar-refractivity contribution in [2.24, 2.45) is 0 Å². The number of rotatable bonds is 2. The molecule has 14 heavy (non-hydrogen) atoms. The lowest BCUT2D eigenvalue weighted by Crippen LogP contribution is -2.36. The van der Waals surface area contributed by atoms with Crippen LogP contribution in [0.15, 0.2) is 16.8 Å². The highest BCUT2D eigenvalue weighted by Crippen LogP contribution is 2.26. The smallest absolute Gasteiger partial charge is 0.0962 e. The number of piperidine rings is 1. The molecule has 3 heteroatoms. The minimum atomic E-state index is 0.383. The zero-order chi connectivity index (χ0) is 9.97. The molecule has 2 heterocycles. The monoisotopic (exact) mass is 208 g/mol. The van der Waals surface area contributed by atoms with Gasteiger partial charge < -0.3 is 4.90 Å². The van der Waals surface area contributed by atoms with Gasteiger partial charge in [0.25, 0.3) is 0 Å². The van der Waals surface area contributed by atoms with E-state index in [1.807, 2.05) is 0 Å². The summed E-state index contributed by atoms with van der Waals surface area (Å²) in [6.45, 7) is 3.25. The van der Waals surface area contributed by atoms with Gasteiger partial charge in [0.1, 0.15) is 0 Å². The van der Waals surface area contributed by atoms with Crippen molar-refractivity contribution in [3.05, 3.63) is 22.4 Å². The van der Waals surface area contributed by atoms with Crippen LogP contribution < -0.4 is 0 Å². The second kappa shape index (κ2) is 4.13. The molecule has 76 valence electrons. The highest BCUT2D eigenvalue weighted by atomic mass is 32.1. The molecule has 1 aromatic rings. The van der Waals surface area contributed by atoms with E-state index in [4.69, 9.17) is 5.41 Å². The summed E-state index contributed by atoms with van der Waals surface area (Å²) in [7, 11) is 0. The van der Waals surface area contributed by atoms with Gasteiger partial charge in [-0.2, -0.15) is 11.3 Å². The molecule has 1 N–H and O–H groups in total. The molecule has 1 aromatic heterocycles. The molecular weight excluding hydrogens is 192 g/mol. The molecular formula is C11H16N2S. The predicted octanol–water partition coefficient (Wildman–Crippen LogP) is 3.27. The van der Waals surface area contributed by atoms with Gasteiger partial charge in [-0.3, -0.25) is 5.41 Å². The van der Waals surface area contributed by atoms with Crippen LogP contribution in [0.2, 0.25) is 0 Å². The van der Waals surface area contributed by atoms with E-state index in [-0.39, 0.29) is 0 Å². The van der Waals surface area contributed by atoms with Crippen LogP contribution >= 0.6 is 11.3 Å². The lowest BCUT2D eigenvalue weighted by Gasteiger charge is -2.34. The van der Waals surface area contributed by atoms with Crippen LogP contribution in [0.3, 0.4) is 0 Å². The Balaban J connectivity index is 2.10. The zero-order valence-corrected chi connectivity index (χ0v) is 9.31. The molecule has 0 amide bonds. The fourth-order valence-electron chi connectivity index (χ4n) is 1.97. The molecule has 2 rings (SSSR count). The van der Waals surface area contributed by atoms with E-state index in [1.54, 1.807) is 11.3 Å². The summed E-state index contributed by atoms with van der Waals surface area (Å²) in [6, 6.07) is 2.55. The van der Waals surface area contributed by atoms with Crippen molar-refractivity contribution >= 4 is 17.2 Å². The molecule has 1 fully saturated rings. The minimum absolute atomic E-state index is 0.383. The summed E-state index contributed by atoms with van der Waals surface area (Å²) in [6.07, 6.45) is 3.37. The third-order valence-corrected chi connectivity index (χ3v) is 3.60. The fraction of sp³-hybridized carbons (Fsp3) is 0.545. The Morgan fingerprint density at radius 3 is 3.00 bits per heavy atom. The van der Waals surface area contributed by atoms with Crippen molar-refractivity contribution < 1.29 is 0 Å². The first-order chi connectivity index (χ1) is 6.79. The molecule has 1 unspecified atom stereocenters. The fourth-order valence-corrected chi connectivity index (χ4v) is 2.72. The maximum atomic E-state index is 7.91. The molecule has 0 saturated carbocycles. The Morgan fingerprint density at radius 1 is 1.50 bits per heavy atom. The van der Waals surface area contributed by atoms with Crippen LogP contribution in [0.25, 0.3) is 0 Å². The number of likely N-dealkylation sites (tertiary alicyclic amines) is 1. The molecule has 1 aliphatic rings.